The van der Waals surface area contributed by atoms with E-state index in [1.807, 2.05) is 13.8 Å². The third-order valence-electron chi connectivity index (χ3n) is 4.02. The molecule has 2 aromatic rings. The second kappa shape index (κ2) is 7.00. The minimum absolute atomic E-state index is 0.0462. The van der Waals surface area contributed by atoms with Crippen LogP contribution in [0.4, 0.5) is 4.39 Å². The molecule has 1 saturated heterocycles. The predicted octanol–water partition coefficient (Wildman–Crippen LogP) is 2.18. The normalized spacial score (nSPS) is 17.4. The second-order valence-corrected chi connectivity index (χ2v) is 6.17. The van der Waals surface area contributed by atoms with Gasteiger partial charge in [-0.15, -0.1) is 0 Å². The Morgan fingerprint density at radius 3 is 2.76 bits per heavy atom. The number of ether oxygens (including phenoxy) is 1. The molecule has 1 aromatic carbocycles. The third kappa shape index (κ3) is 3.84. The van der Waals surface area contributed by atoms with Crippen LogP contribution in [0.1, 0.15) is 26.1 Å². The number of hydrogen-bond donors (Lipinski definition) is 0. The molecule has 7 nitrogen and oxygen atoms in total. The molecule has 3 rings (SSSR count). The molecule has 1 unspecified atom stereocenters. The molecule has 8 heteroatoms. The Morgan fingerprint density at radius 1 is 1.40 bits per heavy atom. The van der Waals surface area contributed by atoms with Gasteiger partial charge in [0, 0.05) is 24.6 Å². The van der Waals surface area contributed by atoms with Crippen LogP contribution in [0.25, 0.3) is 11.5 Å². The first-order chi connectivity index (χ1) is 11.9. The number of esters is 1. The highest BCUT2D eigenvalue weighted by Crippen LogP contribution is 2.22. The van der Waals surface area contributed by atoms with E-state index in [2.05, 4.69) is 10.1 Å². The number of rotatable bonds is 5. The van der Waals surface area contributed by atoms with Crippen molar-refractivity contribution in [2.75, 3.05) is 6.54 Å². The van der Waals surface area contributed by atoms with Crippen LogP contribution in [0.2, 0.25) is 0 Å². The number of carbonyl (C=O) groups is 2. The van der Waals surface area contributed by atoms with E-state index in [0.717, 1.165) is 0 Å². The number of benzene rings is 1. The van der Waals surface area contributed by atoms with Crippen molar-refractivity contribution >= 4 is 11.9 Å². The molecule has 0 saturated carbocycles. The molecule has 132 valence electrons. The first-order valence-corrected chi connectivity index (χ1v) is 7.98. The maximum atomic E-state index is 12.9. The topological polar surface area (TPSA) is 85.5 Å². The van der Waals surface area contributed by atoms with Crippen LogP contribution in [-0.4, -0.2) is 39.5 Å². The number of aromatic nitrogens is 2. The Labute approximate surface area is 143 Å². The Morgan fingerprint density at radius 2 is 2.12 bits per heavy atom. The molecule has 0 aliphatic carbocycles. The van der Waals surface area contributed by atoms with E-state index in [4.69, 9.17) is 9.26 Å². The number of likely N-dealkylation sites (tertiary alicyclic amines) is 1. The summed E-state index contributed by atoms with van der Waals surface area (Å²) in [5.74, 6) is -0.914. The summed E-state index contributed by atoms with van der Waals surface area (Å²) in [6.45, 7) is 4.03. The van der Waals surface area contributed by atoms with Crippen molar-refractivity contribution in [3.63, 3.8) is 0 Å². The average molecular weight is 347 g/mol. The summed E-state index contributed by atoms with van der Waals surface area (Å²) in [4.78, 5) is 29.7. The van der Waals surface area contributed by atoms with E-state index in [9.17, 15) is 14.0 Å². The van der Waals surface area contributed by atoms with E-state index >= 15 is 0 Å². The zero-order valence-corrected chi connectivity index (χ0v) is 13.9. The Hall–Kier alpha value is -2.77. The van der Waals surface area contributed by atoms with Crippen molar-refractivity contribution in [1.82, 2.24) is 15.0 Å². The van der Waals surface area contributed by atoms with Gasteiger partial charge in [-0.3, -0.25) is 9.59 Å². The lowest BCUT2D eigenvalue weighted by molar-refractivity contribution is -0.150. The standard InChI is InChI=1S/C17H18FN3O4/c1-10(2)21-8-12(7-15(21)22)17(23)24-9-14-19-16(25-20-14)11-3-5-13(18)6-4-11/h3-6,10,12H,7-9H2,1-2H3. The third-order valence-corrected chi connectivity index (χ3v) is 4.02. The van der Waals surface area contributed by atoms with E-state index in [-0.39, 0.29) is 42.5 Å². The molecular formula is C17H18FN3O4. The largest absolute Gasteiger partial charge is 0.457 e. The van der Waals surface area contributed by atoms with Crippen LogP contribution in [-0.2, 0) is 20.9 Å². The highest BCUT2D eigenvalue weighted by molar-refractivity contribution is 5.86. The molecule has 25 heavy (non-hydrogen) atoms. The molecule has 0 N–H and O–H groups in total. The summed E-state index contributed by atoms with van der Waals surface area (Å²) in [7, 11) is 0. The van der Waals surface area contributed by atoms with Gasteiger partial charge < -0.3 is 14.2 Å². The fourth-order valence-corrected chi connectivity index (χ4v) is 2.66. The van der Waals surface area contributed by atoms with Crippen LogP contribution in [0.5, 0.6) is 0 Å². The lowest BCUT2D eigenvalue weighted by Crippen LogP contribution is -2.33. The number of hydrogen-bond acceptors (Lipinski definition) is 6. The van der Waals surface area contributed by atoms with Crippen LogP contribution in [0.15, 0.2) is 28.8 Å². The van der Waals surface area contributed by atoms with Crippen molar-refractivity contribution in [3.8, 4) is 11.5 Å². The average Bonchev–Trinajstić information content (AvgIpc) is 3.20. The fourth-order valence-electron chi connectivity index (χ4n) is 2.66. The van der Waals surface area contributed by atoms with Gasteiger partial charge in [-0.2, -0.15) is 4.98 Å². The Kier molecular flexibility index (Phi) is 4.78. The summed E-state index contributed by atoms with van der Waals surface area (Å²) in [6, 6.07) is 5.67. The Bertz CT molecular complexity index is 772. The van der Waals surface area contributed by atoms with Gasteiger partial charge in [-0.1, -0.05) is 5.16 Å². The summed E-state index contributed by atoms with van der Waals surface area (Å²) in [5.41, 5.74) is 0.570. The summed E-state index contributed by atoms with van der Waals surface area (Å²) in [6.07, 6.45) is 0.157. The molecule has 0 radical (unpaired) electrons. The number of amides is 1. The molecule has 1 atom stereocenters. The highest BCUT2D eigenvalue weighted by atomic mass is 19.1. The van der Waals surface area contributed by atoms with Crippen molar-refractivity contribution in [2.45, 2.75) is 32.9 Å². The van der Waals surface area contributed by atoms with Gasteiger partial charge in [-0.05, 0) is 38.1 Å². The highest BCUT2D eigenvalue weighted by Gasteiger charge is 2.36. The van der Waals surface area contributed by atoms with Crippen molar-refractivity contribution in [2.24, 2.45) is 5.92 Å². The lowest BCUT2D eigenvalue weighted by Gasteiger charge is -2.20. The smallest absolute Gasteiger partial charge is 0.311 e. The lowest BCUT2D eigenvalue weighted by atomic mass is 10.1. The molecular weight excluding hydrogens is 329 g/mol. The van der Waals surface area contributed by atoms with Gasteiger partial charge in [0.2, 0.25) is 11.7 Å². The molecule has 1 aliphatic heterocycles. The molecule has 2 heterocycles. The monoisotopic (exact) mass is 347 g/mol. The van der Waals surface area contributed by atoms with Crippen LogP contribution in [0.3, 0.4) is 0 Å². The molecule has 1 aromatic heterocycles. The van der Waals surface area contributed by atoms with E-state index in [1.54, 1.807) is 4.90 Å². The van der Waals surface area contributed by atoms with Crippen molar-refractivity contribution in [1.29, 1.82) is 0 Å². The summed E-state index contributed by atoms with van der Waals surface area (Å²) in [5, 5.41) is 3.74. The van der Waals surface area contributed by atoms with Gasteiger partial charge in [0.25, 0.3) is 5.89 Å². The van der Waals surface area contributed by atoms with Gasteiger partial charge in [0.05, 0.1) is 5.92 Å². The van der Waals surface area contributed by atoms with E-state index in [0.29, 0.717) is 12.1 Å². The summed E-state index contributed by atoms with van der Waals surface area (Å²) >= 11 is 0. The molecule has 1 fully saturated rings. The quantitative estimate of drug-likeness (QED) is 0.771. The molecule has 1 aliphatic rings. The molecule has 0 bridgehead atoms. The second-order valence-electron chi connectivity index (χ2n) is 6.17. The maximum absolute atomic E-state index is 12.9. The zero-order valence-electron chi connectivity index (χ0n) is 13.9. The van der Waals surface area contributed by atoms with E-state index in [1.165, 1.54) is 24.3 Å². The van der Waals surface area contributed by atoms with Crippen molar-refractivity contribution in [3.05, 3.63) is 35.9 Å². The van der Waals surface area contributed by atoms with Gasteiger partial charge >= 0.3 is 5.97 Å². The molecule has 0 spiro atoms. The minimum atomic E-state index is -0.474. The number of carbonyl (C=O) groups excluding carboxylic acids is 2. The zero-order chi connectivity index (χ0) is 18.0. The van der Waals surface area contributed by atoms with Crippen LogP contribution >= 0.6 is 0 Å². The predicted molar refractivity (Wildman–Crippen MR) is 84.4 cm³/mol. The Balaban J connectivity index is 1.56. The summed E-state index contributed by atoms with van der Waals surface area (Å²) < 4.78 is 23.2. The fraction of sp³-hybridized carbons (Fsp3) is 0.412. The maximum Gasteiger partial charge on any atom is 0.311 e. The minimum Gasteiger partial charge on any atom is -0.457 e. The van der Waals surface area contributed by atoms with Crippen LogP contribution in [0, 0.1) is 11.7 Å². The van der Waals surface area contributed by atoms with Gasteiger partial charge in [0.15, 0.2) is 6.61 Å². The van der Waals surface area contributed by atoms with E-state index < -0.39 is 11.9 Å². The van der Waals surface area contributed by atoms with Gasteiger partial charge in [-0.25, -0.2) is 4.39 Å². The SMILES string of the molecule is CC(C)N1CC(C(=O)OCc2noc(-c3ccc(F)cc3)n2)CC1=O. The first-order valence-electron chi connectivity index (χ1n) is 7.98. The first kappa shape index (κ1) is 17.1. The van der Waals surface area contributed by atoms with Crippen molar-refractivity contribution < 1.29 is 23.2 Å². The molecule has 1 amide bonds. The number of halogens is 1. The number of nitrogens with zero attached hydrogens (tertiary/aromatic N) is 3. The van der Waals surface area contributed by atoms with Crippen LogP contribution < -0.4 is 0 Å². The van der Waals surface area contributed by atoms with Gasteiger partial charge in [0.1, 0.15) is 5.82 Å².